The standard InChI is InChI=1S/C12H26N2/c1-4-12(11(2)3)13-7-10-14-8-5-6-9-14/h11-13H,4-10H2,1-3H3. The molecule has 0 amide bonds. The molecule has 1 saturated heterocycles. The van der Waals surface area contributed by atoms with Crippen molar-refractivity contribution in [3.05, 3.63) is 0 Å². The van der Waals surface area contributed by atoms with Crippen molar-refractivity contribution in [2.24, 2.45) is 5.92 Å². The Bertz CT molecular complexity index is 139. The molecule has 1 unspecified atom stereocenters. The van der Waals surface area contributed by atoms with Crippen LogP contribution in [0.3, 0.4) is 0 Å². The van der Waals surface area contributed by atoms with Crippen molar-refractivity contribution in [2.45, 2.75) is 46.1 Å². The van der Waals surface area contributed by atoms with Gasteiger partial charge in [0.1, 0.15) is 0 Å². The molecular formula is C12H26N2. The maximum absolute atomic E-state index is 3.65. The highest BCUT2D eigenvalue weighted by Crippen LogP contribution is 2.07. The van der Waals surface area contributed by atoms with Crippen molar-refractivity contribution < 1.29 is 0 Å². The lowest BCUT2D eigenvalue weighted by Gasteiger charge is -2.22. The molecule has 0 spiro atoms. The molecule has 1 heterocycles. The van der Waals surface area contributed by atoms with E-state index in [1.165, 1.54) is 38.9 Å². The largest absolute Gasteiger partial charge is 0.312 e. The Morgan fingerprint density at radius 2 is 1.86 bits per heavy atom. The summed E-state index contributed by atoms with van der Waals surface area (Å²) in [6, 6.07) is 0.706. The topological polar surface area (TPSA) is 15.3 Å². The van der Waals surface area contributed by atoms with Gasteiger partial charge in [-0.2, -0.15) is 0 Å². The van der Waals surface area contributed by atoms with Gasteiger partial charge in [0.05, 0.1) is 0 Å². The van der Waals surface area contributed by atoms with Gasteiger partial charge in [0.25, 0.3) is 0 Å². The Balaban J connectivity index is 2.06. The number of hydrogen-bond acceptors (Lipinski definition) is 2. The van der Waals surface area contributed by atoms with Crippen LogP contribution in [0.4, 0.5) is 0 Å². The summed E-state index contributed by atoms with van der Waals surface area (Å²) in [6.07, 6.45) is 4.06. The van der Waals surface area contributed by atoms with Crippen LogP contribution in [0.5, 0.6) is 0 Å². The molecule has 84 valence electrons. The van der Waals surface area contributed by atoms with Crippen LogP contribution in [-0.4, -0.2) is 37.1 Å². The molecule has 2 nitrogen and oxygen atoms in total. The van der Waals surface area contributed by atoms with E-state index in [1.807, 2.05) is 0 Å². The molecule has 0 aliphatic carbocycles. The van der Waals surface area contributed by atoms with Gasteiger partial charge in [-0.05, 0) is 38.3 Å². The first-order valence-corrected chi connectivity index (χ1v) is 6.19. The van der Waals surface area contributed by atoms with Gasteiger partial charge in [-0.25, -0.2) is 0 Å². The SMILES string of the molecule is CCC(NCCN1CCCC1)C(C)C. The summed E-state index contributed by atoms with van der Waals surface area (Å²) >= 11 is 0. The first kappa shape index (κ1) is 12.0. The van der Waals surface area contributed by atoms with Gasteiger partial charge in [-0.1, -0.05) is 20.8 Å². The zero-order valence-corrected chi connectivity index (χ0v) is 10.1. The van der Waals surface area contributed by atoms with Crippen LogP contribution in [0.2, 0.25) is 0 Å². The van der Waals surface area contributed by atoms with Crippen molar-refractivity contribution in [1.82, 2.24) is 10.2 Å². The summed E-state index contributed by atoms with van der Waals surface area (Å²) in [5, 5.41) is 3.65. The fourth-order valence-electron chi connectivity index (χ4n) is 2.27. The number of hydrogen-bond donors (Lipinski definition) is 1. The second-order valence-corrected chi connectivity index (χ2v) is 4.76. The highest BCUT2D eigenvalue weighted by atomic mass is 15.2. The summed E-state index contributed by atoms with van der Waals surface area (Å²) in [5.74, 6) is 0.763. The molecule has 1 fully saturated rings. The highest BCUT2D eigenvalue weighted by molar-refractivity contribution is 4.71. The molecule has 0 saturated carbocycles. The molecule has 0 aromatic carbocycles. The Morgan fingerprint density at radius 3 is 2.36 bits per heavy atom. The van der Waals surface area contributed by atoms with Gasteiger partial charge < -0.3 is 10.2 Å². The van der Waals surface area contributed by atoms with Crippen molar-refractivity contribution in [2.75, 3.05) is 26.2 Å². The van der Waals surface area contributed by atoms with Crippen LogP contribution in [-0.2, 0) is 0 Å². The van der Waals surface area contributed by atoms with Crippen LogP contribution in [0, 0.1) is 5.92 Å². The Hall–Kier alpha value is -0.0800. The van der Waals surface area contributed by atoms with Crippen LogP contribution < -0.4 is 5.32 Å². The molecule has 0 radical (unpaired) electrons. The highest BCUT2D eigenvalue weighted by Gasteiger charge is 2.13. The van der Waals surface area contributed by atoms with Gasteiger partial charge in [-0.3, -0.25) is 0 Å². The van der Waals surface area contributed by atoms with Crippen LogP contribution in [0.15, 0.2) is 0 Å². The minimum absolute atomic E-state index is 0.706. The molecule has 2 heteroatoms. The van der Waals surface area contributed by atoms with Gasteiger partial charge in [0.15, 0.2) is 0 Å². The Morgan fingerprint density at radius 1 is 1.21 bits per heavy atom. The molecular weight excluding hydrogens is 172 g/mol. The lowest BCUT2D eigenvalue weighted by molar-refractivity contribution is 0.309. The lowest BCUT2D eigenvalue weighted by atomic mass is 10.0. The smallest absolute Gasteiger partial charge is 0.0107 e. The predicted octanol–water partition coefficient (Wildman–Crippen LogP) is 2.11. The van der Waals surface area contributed by atoms with Gasteiger partial charge in [-0.15, -0.1) is 0 Å². The van der Waals surface area contributed by atoms with Crippen molar-refractivity contribution in [1.29, 1.82) is 0 Å². The van der Waals surface area contributed by atoms with E-state index in [2.05, 4.69) is 31.0 Å². The molecule has 1 N–H and O–H groups in total. The zero-order valence-electron chi connectivity index (χ0n) is 10.1. The third-order valence-corrected chi connectivity index (χ3v) is 3.28. The average molecular weight is 198 g/mol. The van der Waals surface area contributed by atoms with Gasteiger partial charge >= 0.3 is 0 Å². The van der Waals surface area contributed by atoms with E-state index in [4.69, 9.17) is 0 Å². The second-order valence-electron chi connectivity index (χ2n) is 4.76. The third-order valence-electron chi connectivity index (χ3n) is 3.28. The Labute approximate surface area is 89.1 Å². The number of nitrogens with one attached hydrogen (secondary N) is 1. The molecule has 0 bridgehead atoms. The van der Waals surface area contributed by atoms with E-state index in [9.17, 15) is 0 Å². The molecule has 1 rings (SSSR count). The molecule has 0 aromatic heterocycles. The third kappa shape index (κ3) is 3.97. The van der Waals surface area contributed by atoms with E-state index in [-0.39, 0.29) is 0 Å². The van der Waals surface area contributed by atoms with E-state index in [0.29, 0.717) is 6.04 Å². The van der Waals surface area contributed by atoms with E-state index < -0.39 is 0 Å². The summed E-state index contributed by atoms with van der Waals surface area (Å²) in [5.41, 5.74) is 0. The first-order chi connectivity index (χ1) is 6.74. The van der Waals surface area contributed by atoms with Crippen molar-refractivity contribution in [3.63, 3.8) is 0 Å². The summed E-state index contributed by atoms with van der Waals surface area (Å²) in [6.45, 7) is 11.9. The maximum atomic E-state index is 3.65. The van der Waals surface area contributed by atoms with Gasteiger partial charge in [0, 0.05) is 19.1 Å². The quantitative estimate of drug-likeness (QED) is 0.703. The van der Waals surface area contributed by atoms with E-state index >= 15 is 0 Å². The number of nitrogens with zero attached hydrogens (tertiary/aromatic N) is 1. The summed E-state index contributed by atoms with van der Waals surface area (Å²) in [7, 11) is 0. The first-order valence-electron chi connectivity index (χ1n) is 6.19. The maximum Gasteiger partial charge on any atom is 0.0107 e. The zero-order chi connectivity index (χ0) is 10.4. The van der Waals surface area contributed by atoms with E-state index in [1.54, 1.807) is 0 Å². The summed E-state index contributed by atoms with van der Waals surface area (Å²) in [4.78, 5) is 2.57. The van der Waals surface area contributed by atoms with Crippen LogP contribution in [0.1, 0.15) is 40.0 Å². The fourth-order valence-corrected chi connectivity index (χ4v) is 2.27. The summed E-state index contributed by atoms with van der Waals surface area (Å²) < 4.78 is 0. The number of likely N-dealkylation sites (tertiary alicyclic amines) is 1. The second kappa shape index (κ2) is 6.41. The minimum Gasteiger partial charge on any atom is -0.312 e. The minimum atomic E-state index is 0.706. The van der Waals surface area contributed by atoms with Crippen LogP contribution in [0.25, 0.3) is 0 Å². The average Bonchev–Trinajstić information content (AvgIpc) is 2.64. The molecule has 1 atom stereocenters. The van der Waals surface area contributed by atoms with Crippen molar-refractivity contribution >= 4 is 0 Å². The Kier molecular flexibility index (Phi) is 5.49. The predicted molar refractivity (Wildman–Crippen MR) is 62.6 cm³/mol. The van der Waals surface area contributed by atoms with Crippen molar-refractivity contribution in [3.8, 4) is 0 Å². The molecule has 14 heavy (non-hydrogen) atoms. The lowest BCUT2D eigenvalue weighted by Crippen LogP contribution is -2.38. The number of rotatable bonds is 6. The molecule has 1 aliphatic rings. The normalized spacial score (nSPS) is 20.6. The van der Waals surface area contributed by atoms with E-state index in [0.717, 1.165) is 12.5 Å². The molecule has 1 aliphatic heterocycles. The monoisotopic (exact) mass is 198 g/mol. The van der Waals surface area contributed by atoms with Crippen LogP contribution >= 0.6 is 0 Å². The fraction of sp³-hybridized carbons (Fsp3) is 1.00. The van der Waals surface area contributed by atoms with Gasteiger partial charge in [0.2, 0.25) is 0 Å². The molecule has 0 aromatic rings.